The lowest BCUT2D eigenvalue weighted by atomic mass is 10.1. The molecular formula is C16H16N2O2S3. The Morgan fingerprint density at radius 1 is 1.17 bits per heavy atom. The first kappa shape index (κ1) is 16.2. The standard InChI is InChI=1S/C16H16N2O2S3/c1-3-12-8-9-16(22-12)23(19,20)18-14-7-5-4-6-13(14)15-10-21-11(2)17-15/h4-10,18H,3H2,1-2H3. The van der Waals surface area contributed by atoms with Crippen LogP contribution in [0.15, 0.2) is 46.0 Å². The zero-order chi connectivity index (χ0) is 16.4. The molecule has 0 spiro atoms. The molecule has 0 fully saturated rings. The maximum Gasteiger partial charge on any atom is 0.271 e. The lowest BCUT2D eigenvalue weighted by molar-refractivity contribution is 0.603. The molecule has 120 valence electrons. The van der Waals surface area contributed by atoms with Gasteiger partial charge in [-0.2, -0.15) is 0 Å². The summed E-state index contributed by atoms with van der Waals surface area (Å²) >= 11 is 2.84. The number of rotatable bonds is 5. The zero-order valence-electron chi connectivity index (χ0n) is 12.7. The number of benzene rings is 1. The van der Waals surface area contributed by atoms with Crippen molar-refractivity contribution in [2.24, 2.45) is 0 Å². The van der Waals surface area contributed by atoms with Crippen LogP contribution in [0.2, 0.25) is 0 Å². The fourth-order valence-electron chi connectivity index (χ4n) is 2.17. The number of nitrogens with zero attached hydrogens (tertiary/aromatic N) is 1. The van der Waals surface area contributed by atoms with Gasteiger partial charge in [-0.05, 0) is 31.5 Å². The van der Waals surface area contributed by atoms with Crippen LogP contribution in [0.5, 0.6) is 0 Å². The van der Waals surface area contributed by atoms with Gasteiger partial charge in [-0.15, -0.1) is 22.7 Å². The van der Waals surface area contributed by atoms with Crippen LogP contribution in [0.3, 0.4) is 0 Å². The van der Waals surface area contributed by atoms with Gasteiger partial charge in [-0.1, -0.05) is 25.1 Å². The lowest BCUT2D eigenvalue weighted by Gasteiger charge is -2.10. The van der Waals surface area contributed by atoms with Gasteiger partial charge in [0.2, 0.25) is 0 Å². The van der Waals surface area contributed by atoms with E-state index in [1.165, 1.54) is 11.3 Å². The third kappa shape index (κ3) is 3.46. The minimum Gasteiger partial charge on any atom is -0.278 e. The van der Waals surface area contributed by atoms with Gasteiger partial charge >= 0.3 is 0 Å². The first-order valence-electron chi connectivity index (χ1n) is 7.12. The van der Waals surface area contributed by atoms with Gasteiger partial charge in [0.05, 0.1) is 16.4 Å². The normalized spacial score (nSPS) is 11.6. The number of hydrogen-bond acceptors (Lipinski definition) is 5. The molecule has 7 heteroatoms. The second-order valence-corrected chi connectivity index (χ2v) is 9.12. The molecule has 4 nitrogen and oxygen atoms in total. The highest BCUT2D eigenvalue weighted by molar-refractivity contribution is 7.94. The van der Waals surface area contributed by atoms with E-state index in [2.05, 4.69) is 9.71 Å². The Morgan fingerprint density at radius 2 is 1.96 bits per heavy atom. The van der Waals surface area contributed by atoms with Crippen molar-refractivity contribution >= 4 is 38.4 Å². The quantitative estimate of drug-likeness (QED) is 0.723. The number of thiophene rings is 1. The highest BCUT2D eigenvalue weighted by Crippen LogP contribution is 2.31. The van der Waals surface area contributed by atoms with Crippen LogP contribution >= 0.6 is 22.7 Å². The molecule has 1 aromatic carbocycles. The number of hydrogen-bond donors (Lipinski definition) is 1. The number of anilines is 1. The van der Waals surface area contributed by atoms with E-state index in [1.807, 2.05) is 43.5 Å². The number of para-hydroxylation sites is 1. The average Bonchev–Trinajstić information content (AvgIpc) is 3.16. The van der Waals surface area contributed by atoms with E-state index in [1.54, 1.807) is 23.5 Å². The molecule has 0 unspecified atom stereocenters. The molecule has 0 bridgehead atoms. The van der Waals surface area contributed by atoms with Crippen LogP contribution in [-0.4, -0.2) is 13.4 Å². The highest BCUT2D eigenvalue weighted by atomic mass is 32.2. The maximum absolute atomic E-state index is 12.6. The van der Waals surface area contributed by atoms with Crippen LogP contribution in [0.1, 0.15) is 16.8 Å². The van der Waals surface area contributed by atoms with E-state index in [0.29, 0.717) is 9.90 Å². The molecule has 2 heterocycles. The van der Waals surface area contributed by atoms with E-state index in [9.17, 15) is 8.42 Å². The fraction of sp³-hybridized carbons (Fsp3) is 0.188. The van der Waals surface area contributed by atoms with Crippen molar-refractivity contribution in [3.05, 3.63) is 51.7 Å². The molecule has 0 aliphatic heterocycles. The van der Waals surface area contributed by atoms with Crippen molar-refractivity contribution in [3.8, 4) is 11.3 Å². The second-order valence-electron chi connectivity index (χ2n) is 4.98. The Bertz CT molecular complexity index is 926. The van der Waals surface area contributed by atoms with Crippen molar-refractivity contribution in [1.29, 1.82) is 0 Å². The SMILES string of the molecule is CCc1ccc(S(=O)(=O)Nc2ccccc2-c2csc(C)n2)s1. The summed E-state index contributed by atoms with van der Waals surface area (Å²) in [5, 5.41) is 2.88. The topological polar surface area (TPSA) is 59.1 Å². The van der Waals surface area contributed by atoms with E-state index >= 15 is 0 Å². The average molecular weight is 365 g/mol. The molecule has 0 amide bonds. The third-order valence-electron chi connectivity index (χ3n) is 3.32. The summed E-state index contributed by atoms with van der Waals surface area (Å²) in [6.45, 7) is 3.94. The minimum atomic E-state index is -3.58. The first-order valence-corrected chi connectivity index (χ1v) is 10.3. The third-order valence-corrected chi connectivity index (χ3v) is 7.18. The monoisotopic (exact) mass is 364 g/mol. The lowest BCUT2D eigenvalue weighted by Crippen LogP contribution is -2.12. The van der Waals surface area contributed by atoms with E-state index in [4.69, 9.17) is 0 Å². The summed E-state index contributed by atoms with van der Waals surface area (Å²) < 4.78 is 28.2. The molecule has 0 aliphatic rings. The van der Waals surface area contributed by atoms with E-state index < -0.39 is 10.0 Å². The molecule has 0 saturated carbocycles. The smallest absolute Gasteiger partial charge is 0.271 e. The Morgan fingerprint density at radius 3 is 2.61 bits per heavy atom. The predicted octanol–water partition coefficient (Wildman–Crippen LogP) is 4.54. The number of aryl methyl sites for hydroxylation is 2. The molecule has 0 aliphatic carbocycles. The number of thiazole rings is 1. The second kappa shape index (κ2) is 6.43. The summed E-state index contributed by atoms with van der Waals surface area (Å²) in [5.74, 6) is 0. The van der Waals surface area contributed by atoms with Crippen LogP contribution in [0, 0.1) is 6.92 Å². The zero-order valence-corrected chi connectivity index (χ0v) is 15.2. The summed E-state index contributed by atoms with van der Waals surface area (Å²) in [6, 6.07) is 10.8. The number of nitrogens with one attached hydrogen (secondary N) is 1. The fourth-order valence-corrected chi connectivity index (χ4v) is 5.16. The van der Waals surface area contributed by atoms with Crippen molar-refractivity contribution in [2.45, 2.75) is 24.5 Å². The van der Waals surface area contributed by atoms with Crippen molar-refractivity contribution in [1.82, 2.24) is 4.98 Å². The van der Waals surface area contributed by atoms with E-state index in [0.717, 1.165) is 27.6 Å². The van der Waals surface area contributed by atoms with E-state index in [-0.39, 0.29) is 0 Å². The Hall–Kier alpha value is -1.70. The molecule has 23 heavy (non-hydrogen) atoms. The van der Waals surface area contributed by atoms with Crippen molar-refractivity contribution < 1.29 is 8.42 Å². The highest BCUT2D eigenvalue weighted by Gasteiger charge is 2.19. The molecular weight excluding hydrogens is 348 g/mol. The summed E-state index contributed by atoms with van der Waals surface area (Å²) in [6.07, 6.45) is 0.828. The number of sulfonamides is 1. The molecule has 0 radical (unpaired) electrons. The van der Waals surface area contributed by atoms with Gasteiger partial charge < -0.3 is 0 Å². The van der Waals surface area contributed by atoms with Gasteiger partial charge in [0, 0.05) is 15.8 Å². The van der Waals surface area contributed by atoms with Gasteiger partial charge in [-0.25, -0.2) is 13.4 Å². The summed E-state index contributed by atoms with van der Waals surface area (Å²) in [7, 11) is -3.58. The van der Waals surface area contributed by atoms with Gasteiger partial charge in [-0.3, -0.25) is 4.72 Å². The predicted molar refractivity (Wildman–Crippen MR) is 96.8 cm³/mol. The van der Waals surface area contributed by atoms with Gasteiger partial charge in [0.1, 0.15) is 4.21 Å². The molecule has 0 saturated heterocycles. The Balaban J connectivity index is 1.97. The van der Waals surface area contributed by atoms with Gasteiger partial charge in [0.25, 0.3) is 10.0 Å². The molecule has 3 aromatic rings. The Labute approximate surface area is 143 Å². The largest absolute Gasteiger partial charge is 0.278 e. The number of aromatic nitrogens is 1. The van der Waals surface area contributed by atoms with Gasteiger partial charge in [0.15, 0.2) is 0 Å². The molecule has 0 atom stereocenters. The van der Waals surface area contributed by atoms with Crippen molar-refractivity contribution in [3.63, 3.8) is 0 Å². The van der Waals surface area contributed by atoms with Crippen LogP contribution in [0.25, 0.3) is 11.3 Å². The first-order chi connectivity index (χ1) is 11.0. The van der Waals surface area contributed by atoms with Crippen molar-refractivity contribution in [2.75, 3.05) is 4.72 Å². The molecule has 2 aromatic heterocycles. The summed E-state index contributed by atoms with van der Waals surface area (Å²) in [5.41, 5.74) is 2.11. The van der Waals surface area contributed by atoms with Crippen LogP contribution in [-0.2, 0) is 16.4 Å². The maximum atomic E-state index is 12.6. The molecule has 1 N–H and O–H groups in total. The molecule has 3 rings (SSSR count). The van der Waals surface area contributed by atoms with Crippen LogP contribution in [0.4, 0.5) is 5.69 Å². The Kier molecular flexibility index (Phi) is 4.52. The minimum absolute atomic E-state index is 0.332. The van der Waals surface area contributed by atoms with Crippen LogP contribution < -0.4 is 4.72 Å². The summed E-state index contributed by atoms with van der Waals surface area (Å²) in [4.78, 5) is 5.50.